The van der Waals surface area contributed by atoms with Gasteiger partial charge in [0, 0.05) is 31.3 Å². The molecule has 2 N–H and O–H groups in total. The number of benzene rings is 1. The number of nitrogens with zero attached hydrogens (tertiary/aromatic N) is 2. The number of carbonyl (C=O) groups is 1. The Bertz CT molecular complexity index is 822. The second-order valence-corrected chi connectivity index (χ2v) is 5.90. The lowest BCUT2D eigenvalue weighted by atomic mass is 9.94. The van der Waals surface area contributed by atoms with Crippen molar-refractivity contribution >= 4 is 17.2 Å². The lowest BCUT2D eigenvalue weighted by molar-refractivity contribution is -0.116. The maximum atomic E-state index is 12.3. The quantitative estimate of drug-likeness (QED) is 0.781. The number of aromatic nitrogens is 2. The SMILES string of the molecule is O=C(C[C@@H]1Cc2ccccc2CN1)Nc1cc2ccccn2n1. The molecule has 1 aliphatic heterocycles. The summed E-state index contributed by atoms with van der Waals surface area (Å²) < 4.78 is 1.75. The van der Waals surface area contributed by atoms with Crippen LogP contribution in [0.25, 0.3) is 5.52 Å². The van der Waals surface area contributed by atoms with Crippen molar-refractivity contribution in [3.63, 3.8) is 0 Å². The van der Waals surface area contributed by atoms with Gasteiger partial charge in [-0.05, 0) is 29.7 Å². The van der Waals surface area contributed by atoms with Crippen molar-refractivity contribution in [1.82, 2.24) is 14.9 Å². The van der Waals surface area contributed by atoms with E-state index in [0.29, 0.717) is 12.2 Å². The van der Waals surface area contributed by atoms with Crippen LogP contribution in [0.4, 0.5) is 5.82 Å². The molecule has 1 atom stereocenters. The molecule has 0 fully saturated rings. The monoisotopic (exact) mass is 306 g/mol. The molecule has 1 amide bonds. The Morgan fingerprint density at radius 2 is 2.04 bits per heavy atom. The summed E-state index contributed by atoms with van der Waals surface area (Å²) in [4.78, 5) is 12.3. The average Bonchev–Trinajstić information content (AvgIpc) is 2.96. The Morgan fingerprint density at radius 1 is 1.22 bits per heavy atom. The predicted octanol–water partition coefficient (Wildman–Crippen LogP) is 2.38. The summed E-state index contributed by atoms with van der Waals surface area (Å²) in [5.74, 6) is 0.586. The highest BCUT2D eigenvalue weighted by Crippen LogP contribution is 2.18. The van der Waals surface area contributed by atoms with Gasteiger partial charge < -0.3 is 10.6 Å². The number of rotatable bonds is 3. The summed E-state index contributed by atoms with van der Waals surface area (Å²) in [5, 5.41) is 10.7. The molecular formula is C18H18N4O. The van der Waals surface area contributed by atoms with E-state index in [4.69, 9.17) is 0 Å². The summed E-state index contributed by atoms with van der Waals surface area (Å²) in [6.07, 6.45) is 3.20. The van der Waals surface area contributed by atoms with Crippen molar-refractivity contribution in [1.29, 1.82) is 0 Å². The highest BCUT2D eigenvalue weighted by atomic mass is 16.1. The number of fused-ring (bicyclic) bond motifs is 2. The van der Waals surface area contributed by atoms with Crippen molar-refractivity contribution in [3.05, 3.63) is 65.9 Å². The zero-order valence-corrected chi connectivity index (χ0v) is 12.7. The average molecular weight is 306 g/mol. The van der Waals surface area contributed by atoms with E-state index in [9.17, 15) is 4.79 Å². The fraction of sp³-hybridized carbons (Fsp3) is 0.222. The maximum absolute atomic E-state index is 12.3. The van der Waals surface area contributed by atoms with Gasteiger partial charge in [-0.25, -0.2) is 4.52 Å². The smallest absolute Gasteiger partial charge is 0.227 e. The molecule has 5 nitrogen and oxygen atoms in total. The molecule has 4 rings (SSSR count). The van der Waals surface area contributed by atoms with Crippen molar-refractivity contribution < 1.29 is 4.79 Å². The fourth-order valence-electron chi connectivity index (χ4n) is 3.08. The summed E-state index contributed by atoms with van der Waals surface area (Å²) >= 11 is 0. The number of carbonyl (C=O) groups excluding carboxylic acids is 1. The Kier molecular flexibility index (Phi) is 3.55. The minimum atomic E-state index is -0.00899. The van der Waals surface area contributed by atoms with Gasteiger partial charge in [0.25, 0.3) is 0 Å². The van der Waals surface area contributed by atoms with E-state index < -0.39 is 0 Å². The number of hydrogen-bond acceptors (Lipinski definition) is 3. The van der Waals surface area contributed by atoms with Crippen molar-refractivity contribution in [2.24, 2.45) is 0 Å². The Hall–Kier alpha value is -2.66. The van der Waals surface area contributed by atoms with Gasteiger partial charge in [0.2, 0.25) is 5.91 Å². The second kappa shape index (κ2) is 5.85. The zero-order valence-electron chi connectivity index (χ0n) is 12.7. The van der Waals surface area contributed by atoms with E-state index >= 15 is 0 Å². The molecule has 1 aliphatic rings. The Balaban J connectivity index is 1.40. The molecular weight excluding hydrogens is 288 g/mol. The van der Waals surface area contributed by atoms with Gasteiger partial charge >= 0.3 is 0 Å². The first kappa shape index (κ1) is 14.0. The first-order valence-electron chi connectivity index (χ1n) is 7.82. The molecule has 0 spiro atoms. The van der Waals surface area contributed by atoms with E-state index in [1.165, 1.54) is 11.1 Å². The fourth-order valence-corrected chi connectivity index (χ4v) is 3.08. The van der Waals surface area contributed by atoms with E-state index in [0.717, 1.165) is 18.5 Å². The first-order chi connectivity index (χ1) is 11.3. The second-order valence-electron chi connectivity index (χ2n) is 5.90. The normalized spacial score (nSPS) is 17.0. The van der Waals surface area contributed by atoms with Crippen LogP contribution in [0, 0.1) is 0 Å². The third-order valence-corrected chi connectivity index (χ3v) is 4.24. The van der Waals surface area contributed by atoms with Crippen LogP contribution in [0.5, 0.6) is 0 Å². The lowest BCUT2D eigenvalue weighted by Crippen LogP contribution is -2.38. The lowest BCUT2D eigenvalue weighted by Gasteiger charge is -2.25. The van der Waals surface area contributed by atoms with Gasteiger partial charge in [0.05, 0.1) is 5.52 Å². The van der Waals surface area contributed by atoms with Crippen molar-refractivity contribution in [2.75, 3.05) is 5.32 Å². The maximum Gasteiger partial charge on any atom is 0.227 e. The molecule has 2 aromatic heterocycles. The van der Waals surface area contributed by atoms with Gasteiger partial charge in [0.15, 0.2) is 5.82 Å². The molecule has 5 heteroatoms. The largest absolute Gasteiger partial charge is 0.309 e. The minimum Gasteiger partial charge on any atom is -0.309 e. The van der Waals surface area contributed by atoms with E-state index in [2.05, 4.69) is 40.0 Å². The van der Waals surface area contributed by atoms with Crippen LogP contribution >= 0.6 is 0 Å². The van der Waals surface area contributed by atoms with Crippen LogP contribution in [0.2, 0.25) is 0 Å². The third-order valence-electron chi connectivity index (χ3n) is 4.24. The summed E-state index contributed by atoms with van der Waals surface area (Å²) in [6, 6.07) is 16.2. The third kappa shape index (κ3) is 2.96. The van der Waals surface area contributed by atoms with Crippen LogP contribution in [0.3, 0.4) is 0 Å². The van der Waals surface area contributed by atoms with Gasteiger partial charge in [-0.1, -0.05) is 30.3 Å². The molecule has 0 saturated carbocycles. The predicted molar refractivity (Wildman–Crippen MR) is 89.2 cm³/mol. The van der Waals surface area contributed by atoms with Gasteiger partial charge in [-0.2, -0.15) is 5.10 Å². The van der Waals surface area contributed by atoms with Gasteiger partial charge in [-0.3, -0.25) is 4.79 Å². The molecule has 0 saturated heterocycles. The number of anilines is 1. The highest BCUT2D eigenvalue weighted by molar-refractivity contribution is 5.90. The molecule has 0 bridgehead atoms. The Labute approximate surface area is 134 Å². The summed E-state index contributed by atoms with van der Waals surface area (Å²) in [5.41, 5.74) is 3.62. The van der Waals surface area contributed by atoms with E-state index in [-0.39, 0.29) is 11.9 Å². The molecule has 0 unspecified atom stereocenters. The molecule has 0 aliphatic carbocycles. The van der Waals surface area contributed by atoms with E-state index in [1.54, 1.807) is 4.52 Å². The summed E-state index contributed by atoms with van der Waals surface area (Å²) in [7, 11) is 0. The molecule has 3 aromatic rings. The van der Waals surface area contributed by atoms with E-state index in [1.807, 2.05) is 30.5 Å². The van der Waals surface area contributed by atoms with Gasteiger partial charge in [-0.15, -0.1) is 0 Å². The van der Waals surface area contributed by atoms with Crippen LogP contribution < -0.4 is 10.6 Å². The molecule has 0 radical (unpaired) electrons. The molecule has 1 aromatic carbocycles. The number of amides is 1. The van der Waals surface area contributed by atoms with Crippen LogP contribution in [0.15, 0.2) is 54.7 Å². The number of pyridine rings is 1. The van der Waals surface area contributed by atoms with Crippen LogP contribution in [-0.2, 0) is 17.8 Å². The zero-order chi connectivity index (χ0) is 15.6. The molecule has 3 heterocycles. The van der Waals surface area contributed by atoms with Crippen LogP contribution in [0.1, 0.15) is 17.5 Å². The standard InChI is InChI=1S/C18H18N4O/c23-18(20-17-11-16-7-3-4-8-22(16)21-17)10-15-9-13-5-1-2-6-14(13)12-19-15/h1-8,11,15,19H,9-10,12H2,(H,20,21,23)/t15-/m0/s1. The minimum absolute atomic E-state index is 0.00899. The number of hydrogen-bond donors (Lipinski definition) is 2. The Morgan fingerprint density at radius 3 is 2.91 bits per heavy atom. The summed E-state index contributed by atoms with van der Waals surface area (Å²) in [6.45, 7) is 0.822. The van der Waals surface area contributed by atoms with Crippen molar-refractivity contribution in [3.8, 4) is 0 Å². The number of nitrogens with one attached hydrogen (secondary N) is 2. The topological polar surface area (TPSA) is 58.4 Å². The van der Waals surface area contributed by atoms with Crippen molar-refractivity contribution in [2.45, 2.75) is 25.4 Å². The van der Waals surface area contributed by atoms with Gasteiger partial charge in [0.1, 0.15) is 0 Å². The van der Waals surface area contributed by atoms with Crippen LogP contribution in [-0.4, -0.2) is 21.6 Å². The first-order valence-corrected chi connectivity index (χ1v) is 7.82. The molecule has 116 valence electrons. The highest BCUT2D eigenvalue weighted by Gasteiger charge is 2.20. The molecule has 23 heavy (non-hydrogen) atoms.